The third-order valence-electron chi connectivity index (χ3n) is 2.88. The predicted molar refractivity (Wildman–Crippen MR) is 72.0 cm³/mol. The first-order chi connectivity index (χ1) is 8.58. The summed E-state index contributed by atoms with van der Waals surface area (Å²) in [5.41, 5.74) is 1.94. The Kier molecular flexibility index (Phi) is 3.66. The summed E-state index contributed by atoms with van der Waals surface area (Å²) in [6, 6.07) is 12.3. The first-order valence-electron chi connectivity index (χ1n) is 6.14. The molecule has 0 fully saturated rings. The molecule has 2 heteroatoms. The first-order valence-corrected chi connectivity index (χ1v) is 6.14. The molecule has 0 heterocycles. The molecule has 0 bridgehead atoms. The molecule has 18 heavy (non-hydrogen) atoms. The highest BCUT2D eigenvalue weighted by atomic mass is 19.1. The summed E-state index contributed by atoms with van der Waals surface area (Å²) >= 11 is 0. The quantitative estimate of drug-likeness (QED) is 0.848. The fourth-order valence-electron chi connectivity index (χ4n) is 2.05. The van der Waals surface area contributed by atoms with Crippen molar-refractivity contribution in [3.05, 3.63) is 53.8 Å². The van der Waals surface area contributed by atoms with Crippen LogP contribution in [0.15, 0.2) is 42.5 Å². The van der Waals surface area contributed by atoms with E-state index >= 15 is 0 Å². The minimum atomic E-state index is -0.250. The third-order valence-corrected chi connectivity index (χ3v) is 2.88. The van der Waals surface area contributed by atoms with Crippen LogP contribution in [0.5, 0.6) is 5.75 Å². The van der Waals surface area contributed by atoms with Crippen LogP contribution in [0.3, 0.4) is 0 Å². The van der Waals surface area contributed by atoms with Gasteiger partial charge in [0.2, 0.25) is 0 Å². The van der Waals surface area contributed by atoms with Crippen LogP contribution in [0.2, 0.25) is 0 Å². The van der Waals surface area contributed by atoms with Gasteiger partial charge in [0, 0.05) is 5.56 Å². The SMILES string of the molecule is CC(C)Cc1cc(O)c(-c2ccccc2)cc1F. The van der Waals surface area contributed by atoms with Gasteiger partial charge in [0.05, 0.1) is 0 Å². The molecular weight excluding hydrogens is 227 g/mol. The van der Waals surface area contributed by atoms with Crippen molar-refractivity contribution in [2.75, 3.05) is 0 Å². The lowest BCUT2D eigenvalue weighted by atomic mass is 9.97. The Bertz CT molecular complexity index is 532. The van der Waals surface area contributed by atoms with Crippen molar-refractivity contribution >= 4 is 0 Å². The van der Waals surface area contributed by atoms with E-state index in [0.717, 1.165) is 5.56 Å². The van der Waals surface area contributed by atoms with Gasteiger partial charge in [-0.3, -0.25) is 0 Å². The molecule has 0 amide bonds. The first kappa shape index (κ1) is 12.6. The molecule has 0 aliphatic rings. The standard InChI is InChI=1S/C16H17FO/c1-11(2)8-13-9-16(18)14(10-15(13)17)12-6-4-3-5-7-12/h3-7,9-11,18H,8H2,1-2H3. The van der Waals surface area contributed by atoms with Gasteiger partial charge in [0.1, 0.15) is 11.6 Å². The lowest BCUT2D eigenvalue weighted by Gasteiger charge is -2.11. The Morgan fingerprint density at radius 1 is 1.11 bits per heavy atom. The van der Waals surface area contributed by atoms with Crippen LogP contribution in [0.4, 0.5) is 4.39 Å². The lowest BCUT2D eigenvalue weighted by Crippen LogP contribution is -1.98. The molecular formula is C16H17FO. The molecule has 0 atom stereocenters. The molecule has 2 aromatic carbocycles. The van der Waals surface area contributed by atoms with E-state index in [4.69, 9.17) is 0 Å². The van der Waals surface area contributed by atoms with E-state index in [0.29, 0.717) is 23.5 Å². The summed E-state index contributed by atoms with van der Waals surface area (Å²) < 4.78 is 14.0. The van der Waals surface area contributed by atoms with Crippen LogP contribution in [0, 0.1) is 11.7 Å². The molecule has 0 aromatic heterocycles. The zero-order chi connectivity index (χ0) is 13.1. The molecule has 0 saturated heterocycles. The highest BCUT2D eigenvalue weighted by Crippen LogP contribution is 2.32. The van der Waals surface area contributed by atoms with Crippen LogP contribution in [0.25, 0.3) is 11.1 Å². The highest BCUT2D eigenvalue weighted by Gasteiger charge is 2.11. The second-order valence-corrected chi connectivity index (χ2v) is 4.92. The summed E-state index contributed by atoms with van der Waals surface area (Å²) in [6.45, 7) is 4.06. The molecule has 0 spiro atoms. The second kappa shape index (κ2) is 5.21. The molecule has 0 aliphatic heterocycles. The van der Waals surface area contributed by atoms with Crippen molar-refractivity contribution in [1.82, 2.24) is 0 Å². The van der Waals surface area contributed by atoms with Crippen LogP contribution in [-0.2, 0) is 6.42 Å². The van der Waals surface area contributed by atoms with Gasteiger partial charge in [-0.15, -0.1) is 0 Å². The minimum Gasteiger partial charge on any atom is -0.507 e. The van der Waals surface area contributed by atoms with Crippen LogP contribution in [-0.4, -0.2) is 5.11 Å². The highest BCUT2D eigenvalue weighted by molar-refractivity contribution is 5.70. The van der Waals surface area contributed by atoms with Gasteiger partial charge < -0.3 is 5.11 Å². The average molecular weight is 244 g/mol. The number of phenols is 1. The van der Waals surface area contributed by atoms with Gasteiger partial charge in [-0.1, -0.05) is 44.2 Å². The fraction of sp³-hybridized carbons (Fsp3) is 0.250. The van der Waals surface area contributed by atoms with E-state index in [9.17, 15) is 9.50 Å². The Labute approximate surface area is 107 Å². The summed E-state index contributed by atoms with van der Waals surface area (Å²) in [7, 11) is 0. The van der Waals surface area contributed by atoms with Crippen molar-refractivity contribution in [1.29, 1.82) is 0 Å². The van der Waals surface area contributed by atoms with Crippen LogP contribution >= 0.6 is 0 Å². The summed E-state index contributed by atoms with van der Waals surface area (Å²) in [5, 5.41) is 10.0. The van der Waals surface area contributed by atoms with Gasteiger partial charge in [-0.05, 0) is 35.6 Å². The fourth-order valence-corrected chi connectivity index (χ4v) is 2.05. The topological polar surface area (TPSA) is 20.2 Å². The van der Waals surface area contributed by atoms with Gasteiger partial charge >= 0.3 is 0 Å². The van der Waals surface area contributed by atoms with E-state index in [2.05, 4.69) is 0 Å². The van der Waals surface area contributed by atoms with Crippen molar-refractivity contribution in [3.63, 3.8) is 0 Å². The Hall–Kier alpha value is -1.83. The van der Waals surface area contributed by atoms with E-state index < -0.39 is 0 Å². The number of aromatic hydroxyl groups is 1. The number of halogens is 1. The summed E-state index contributed by atoms with van der Waals surface area (Å²) in [5.74, 6) is 0.250. The third kappa shape index (κ3) is 2.70. The Balaban J connectivity index is 2.43. The number of benzene rings is 2. The van der Waals surface area contributed by atoms with Crippen molar-refractivity contribution < 1.29 is 9.50 Å². The van der Waals surface area contributed by atoms with E-state index in [1.165, 1.54) is 12.1 Å². The Morgan fingerprint density at radius 3 is 2.39 bits per heavy atom. The summed E-state index contributed by atoms with van der Waals surface area (Å²) in [6.07, 6.45) is 0.633. The molecule has 2 aromatic rings. The van der Waals surface area contributed by atoms with Crippen molar-refractivity contribution in [2.45, 2.75) is 20.3 Å². The van der Waals surface area contributed by atoms with Crippen LogP contribution in [0.1, 0.15) is 19.4 Å². The normalized spacial score (nSPS) is 10.9. The van der Waals surface area contributed by atoms with Crippen molar-refractivity contribution in [3.8, 4) is 16.9 Å². The average Bonchev–Trinajstić information content (AvgIpc) is 2.34. The predicted octanol–water partition coefficient (Wildman–Crippen LogP) is 4.40. The Morgan fingerprint density at radius 2 is 1.78 bits per heavy atom. The van der Waals surface area contributed by atoms with E-state index in [-0.39, 0.29) is 11.6 Å². The maximum absolute atomic E-state index is 14.0. The molecule has 1 nitrogen and oxygen atoms in total. The van der Waals surface area contributed by atoms with E-state index in [1.807, 2.05) is 44.2 Å². The molecule has 1 N–H and O–H groups in total. The van der Waals surface area contributed by atoms with Gasteiger partial charge in [-0.25, -0.2) is 4.39 Å². The maximum atomic E-state index is 14.0. The molecule has 0 aliphatic carbocycles. The molecule has 0 saturated carbocycles. The number of rotatable bonds is 3. The molecule has 94 valence electrons. The molecule has 0 unspecified atom stereocenters. The second-order valence-electron chi connectivity index (χ2n) is 4.92. The lowest BCUT2D eigenvalue weighted by molar-refractivity contribution is 0.472. The van der Waals surface area contributed by atoms with Gasteiger partial charge in [-0.2, -0.15) is 0 Å². The van der Waals surface area contributed by atoms with Gasteiger partial charge in [0.15, 0.2) is 0 Å². The molecule has 0 radical (unpaired) electrons. The molecule has 2 rings (SSSR count). The minimum absolute atomic E-state index is 0.137. The van der Waals surface area contributed by atoms with E-state index in [1.54, 1.807) is 0 Å². The van der Waals surface area contributed by atoms with Gasteiger partial charge in [0.25, 0.3) is 0 Å². The zero-order valence-electron chi connectivity index (χ0n) is 10.7. The summed E-state index contributed by atoms with van der Waals surface area (Å²) in [4.78, 5) is 0. The zero-order valence-corrected chi connectivity index (χ0v) is 10.7. The smallest absolute Gasteiger partial charge is 0.127 e. The monoisotopic (exact) mass is 244 g/mol. The largest absolute Gasteiger partial charge is 0.507 e. The number of hydrogen-bond acceptors (Lipinski definition) is 1. The maximum Gasteiger partial charge on any atom is 0.127 e. The number of phenolic OH excluding ortho intramolecular Hbond substituents is 1. The van der Waals surface area contributed by atoms with Crippen LogP contribution < -0.4 is 0 Å². The van der Waals surface area contributed by atoms with Crippen molar-refractivity contribution in [2.24, 2.45) is 5.92 Å². The number of hydrogen-bond donors (Lipinski definition) is 1.